The molecule has 0 fully saturated rings. The summed E-state index contributed by atoms with van der Waals surface area (Å²) in [5.41, 5.74) is 13.5. The molecular weight excluding hydrogens is 571 g/mol. The molecule has 242 valence electrons. The maximum atomic E-state index is 4.62. The normalized spacial score (nSPS) is 13.1. The molecule has 3 heteroatoms. The number of hydrogen-bond donors (Lipinski definition) is 1. The number of fused-ring (bicyclic) bond motifs is 3. The maximum absolute atomic E-state index is 4.62. The highest BCUT2D eigenvalue weighted by Crippen LogP contribution is 2.42. The molecule has 0 radical (unpaired) electrons. The minimum atomic E-state index is -0.0411. The van der Waals surface area contributed by atoms with Gasteiger partial charge in [-0.05, 0) is 109 Å². The van der Waals surface area contributed by atoms with Gasteiger partial charge < -0.3 is 4.98 Å². The van der Waals surface area contributed by atoms with Gasteiger partial charge in [0.05, 0.1) is 5.52 Å². The summed E-state index contributed by atoms with van der Waals surface area (Å²) in [6.07, 6.45) is 3.64. The molecule has 0 amide bonds. The monoisotopic (exact) mass is 621 g/mol. The number of rotatable bonds is 3. The largest absolute Gasteiger partial charge is 0.354 e. The Bertz CT molecular complexity index is 2100. The smallest absolute Gasteiger partial charge is 0.159 e. The number of aromatic amines is 1. The lowest BCUT2D eigenvalue weighted by atomic mass is 9.80. The standard InChI is InChI=1S/C44H51N3/c1-41(2,3)31-14-15-38-36(24-31)37-26-34(44(10,11)12)25-35(39(37)47-38)29-18-27(20-32(22-29)42(4,5)6)28-19-30(40-45-16-13-17-46-40)23-33(21-28)43(7,8)9/h13-26,47H,1-12H3. The molecule has 2 heterocycles. The average molecular weight is 622 g/mol. The molecule has 4 aromatic carbocycles. The van der Waals surface area contributed by atoms with Crippen LogP contribution in [-0.4, -0.2) is 15.0 Å². The molecule has 0 aliphatic carbocycles. The number of hydrogen-bond acceptors (Lipinski definition) is 2. The van der Waals surface area contributed by atoms with E-state index in [0.717, 1.165) is 11.4 Å². The van der Waals surface area contributed by atoms with Crippen molar-refractivity contribution in [1.82, 2.24) is 15.0 Å². The third kappa shape index (κ3) is 6.50. The van der Waals surface area contributed by atoms with Crippen LogP contribution in [0.2, 0.25) is 0 Å². The van der Waals surface area contributed by atoms with Crippen molar-refractivity contribution in [3.8, 4) is 33.6 Å². The van der Waals surface area contributed by atoms with Gasteiger partial charge in [-0.2, -0.15) is 0 Å². The Morgan fingerprint density at radius 1 is 0.447 bits per heavy atom. The van der Waals surface area contributed by atoms with Crippen LogP contribution in [0.3, 0.4) is 0 Å². The van der Waals surface area contributed by atoms with Crippen molar-refractivity contribution in [2.45, 2.75) is 105 Å². The summed E-state index contributed by atoms with van der Waals surface area (Å²) in [7, 11) is 0. The third-order valence-electron chi connectivity index (χ3n) is 9.51. The average Bonchev–Trinajstić information content (AvgIpc) is 3.37. The van der Waals surface area contributed by atoms with Crippen LogP contribution in [0.5, 0.6) is 0 Å². The van der Waals surface area contributed by atoms with E-state index in [2.05, 4.69) is 165 Å². The molecule has 6 rings (SSSR count). The summed E-state index contributed by atoms with van der Waals surface area (Å²) < 4.78 is 0. The summed E-state index contributed by atoms with van der Waals surface area (Å²) in [6, 6.07) is 27.7. The van der Waals surface area contributed by atoms with Crippen molar-refractivity contribution in [2.24, 2.45) is 0 Å². The van der Waals surface area contributed by atoms with Crippen LogP contribution in [0.25, 0.3) is 55.4 Å². The fourth-order valence-corrected chi connectivity index (χ4v) is 6.31. The van der Waals surface area contributed by atoms with Crippen LogP contribution in [0.15, 0.2) is 85.2 Å². The lowest BCUT2D eigenvalue weighted by Gasteiger charge is -2.25. The Morgan fingerprint density at radius 3 is 1.47 bits per heavy atom. The van der Waals surface area contributed by atoms with Crippen molar-refractivity contribution in [1.29, 1.82) is 0 Å². The highest BCUT2D eigenvalue weighted by molar-refractivity contribution is 6.12. The molecule has 47 heavy (non-hydrogen) atoms. The fraction of sp³-hybridized carbons (Fsp3) is 0.364. The van der Waals surface area contributed by atoms with Crippen molar-refractivity contribution in [3.63, 3.8) is 0 Å². The quantitative estimate of drug-likeness (QED) is 0.214. The van der Waals surface area contributed by atoms with Crippen molar-refractivity contribution >= 4 is 21.8 Å². The van der Waals surface area contributed by atoms with Gasteiger partial charge in [-0.3, -0.25) is 0 Å². The summed E-state index contributed by atoms with van der Waals surface area (Å²) >= 11 is 0. The van der Waals surface area contributed by atoms with Crippen LogP contribution >= 0.6 is 0 Å². The van der Waals surface area contributed by atoms with E-state index in [0.29, 0.717) is 0 Å². The summed E-state index contributed by atoms with van der Waals surface area (Å²) in [5, 5.41) is 2.58. The van der Waals surface area contributed by atoms with E-state index < -0.39 is 0 Å². The lowest BCUT2D eigenvalue weighted by Crippen LogP contribution is -2.13. The van der Waals surface area contributed by atoms with Crippen LogP contribution in [0.4, 0.5) is 0 Å². The Morgan fingerprint density at radius 2 is 0.915 bits per heavy atom. The number of aromatic nitrogens is 3. The van der Waals surface area contributed by atoms with Crippen LogP contribution in [0, 0.1) is 0 Å². The topological polar surface area (TPSA) is 41.6 Å². The molecular formula is C44H51N3. The minimum Gasteiger partial charge on any atom is -0.354 e. The summed E-state index contributed by atoms with van der Waals surface area (Å²) in [5.74, 6) is 0.749. The van der Waals surface area contributed by atoms with Gasteiger partial charge in [-0.15, -0.1) is 0 Å². The number of H-pyrrole nitrogens is 1. The highest BCUT2D eigenvalue weighted by Gasteiger charge is 2.24. The zero-order chi connectivity index (χ0) is 34.1. The second kappa shape index (κ2) is 11.2. The molecule has 0 bridgehead atoms. The molecule has 0 saturated heterocycles. The second-order valence-electron chi connectivity index (χ2n) is 17.5. The van der Waals surface area contributed by atoms with Crippen molar-refractivity contribution < 1.29 is 0 Å². The Balaban J connectivity index is 1.67. The summed E-state index contributed by atoms with van der Waals surface area (Å²) in [4.78, 5) is 13.1. The van der Waals surface area contributed by atoms with Gasteiger partial charge in [0.2, 0.25) is 0 Å². The molecule has 0 atom stereocenters. The molecule has 0 saturated carbocycles. The first kappa shape index (κ1) is 32.7. The van der Waals surface area contributed by atoms with Gasteiger partial charge in [0.25, 0.3) is 0 Å². The third-order valence-corrected chi connectivity index (χ3v) is 9.51. The van der Waals surface area contributed by atoms with Crippen molar-refractivity contribution in [2.75, 3.05) is 0 Å². The molecule has 2 aromatic heterocycles. The highest BCUT2D eigenvalue weighted by atomic mass is 14.8. The Kier molecular flexibility index (Phi) is 7.78. The number of nitrogens with one attached hydrogen (secondary N) is 1. The van der Waals surface area contributed by atoms with Gasteiger partial charge in [-0.1, -0.05) is 107 Å². The van der Waals surface area contributed by atoms with Gasteiger partial charge in [0.15, 0.2) is 5.82 Å². The first-order valence-corrected chi connectivity index (χ1v) is 17.0. The maximum Gasteiger partial charge on any atom is 0.159 e. The van der Waals surface area contributed by atoms with E-state index in [1.165, 1.54) is 66.3 Å². The summed E-state index contributed by atoms with van der Waals surface area (Å²) in [6.45, 7) is 27.6. The Labute approximate surface area is 281 Å². The molecule has 6 aromatic rings. The van der Waals surface area contributed by atoms with E-state index in [-0.39, 0.29) is 21.7 Å². The SMILES string of the molecule is CC(C)(C)c1cc(-c2cc(-c3cc(C(C)(C)C)cc4c3[nH]c3ccc(C(C)(C)C)cc34)cc(C(C)(C)C)c2)cc(-c2ncccn2)c1. The van der Waals surface area contributed by atoms with Crippen molar-refractivity contribution in [3.05, 3.63) is 107 Å². The van der Waals surface area contributed by atoms with E-state index in [9.17, 15) is 0 Å². The first-order chi connectivity index (χ1) is 21.8. The zero-order valence-corrected chi connectivity index (χ0v) is 30.5. The number of nitrogens with zero attached hydrogens (tertiary/aromatic N) is 2. The molecule has 1 N–H and O–H groups in total. The number of benzene rings is 4. The zero-order valence-electron chi connectivity index (χ0n) is 30.5. The van der Waals surface area contributed by atoms with Gasteiger partial charge in [0, 0.05) is 39.8 Å². The van der Waals surface area contributed by atoms with Gasteiger partial charge in [0.1, 0.15) is 0 Å². The minimum absolute atomic E-state index is 0.00966. The molecule has 0 unspecified atom stereocenters. The molecule has 3 nitrogen and oxygen atoms in total. The molecule has 0 spiro atoms. The molecule has 0 aliphatic rings. The first-order valence-electron chi connectivity index (χ1n) is 17.0. The van der Waals surface area contributed by atoms with E-state index in [1.807, 2.05) is 18.5 Å². The van der Waals surface area contributed by atoms with Crippen LogP contribution in [0.1, 0.15) is 105 Å². The van der Waals surface area contributed by atoms with E-state index in [1.54, 1.807) is 0 Å². The van der Waals surface area contributed by atoms with E-state index in [4.69, 9.17) is 0 Å². The predicted molar refractivity (Wildman–Crippen MR) is 203 cm³/mol. The van der Waals surface area contributed by atoms with Crippen LogP contribution < -0.4 is 0 Å². The van der Waals surface area contributed by atoms with E-state index >= 15 is 0 Å². The predicted octanol–water partition coefficient (Wildman–Crippen LogP) is 12.3. The lowest BCUT2D eigenvalue weighted by molar-refractivity contribution is 0.589. The molecule has 0 aliphatic heterocycles. The van der Waals surface area contributed by atoms with Gasteiger partial charge in [-0.25, -0.2) is 9.97 Å². The Hall–Kier alpha value is -4.24. The van der Waals surface area contributed by atoms with Crippen LogP contribution in [-0.2, 0) is 21.7 Å². The van der Waals surface area contributed by atoms with Gasteiger partial charge >= 0.3 is 0 Å². The fourth-order valence-electron chi connectivity index (χ4n) is 6.31. The second-order valence-corrected chi connectivity index (χ2v) is 17.5.